The molecular weight excluding hydrogens is 336 g/mol. The third-order valence-electron chi connectivity index (χ3n) is 4.48. The lowest BCUT2D eigenvalue weighted by Gasteiger charge is -2.10. The molecule has 0 saturated carbocycles. The average Bonchev–Trinajstić information content (AvgIpc) is 2.72. The molecule has 0 aliphatic rings. The Morgan fingerprint density at radius 3 is 2.26 bits per heavy atom. The van der Waals surface area contributed by atoms with Crippen LogP contribution in [0.5, 0.6) is 0 Å². The zero-order valence-electron chi connectivity index (χ0n) is 14.6. The quantitative estimate of drug-likeness (QED) is 0.572. The number of rotatable bonds is 4. The zero-order valence-corrected chi connectivity index (χ0v) is 14.6. The van der Waals surface area contributed by atoms with Gasteiger partial charge in [-0.3, -0.25) is 9.59 Å². The lowest BCUT2D eigenvalue weighted by molar-refractivity contribution is -0.115. The van der Waals surface area contributed by atoms with Gasteiger partial charge in [-0.1, -0.05) is 66.7 Å². The molecule has 4 aromatic rings. The Morgan fingerprint density at radius 1 is 0.704 bits per heavy atom. The molecule has 0 heterocycles. The van der Waals surface area contributed by atoms with Gasteiger partial charge in [-0.2, -0.15) is 0 Å². The Hall–Kier alpha value is -3.66. The summed E-state index contributed by atoms with van der Waals surface area (Å²) >= 11 is 0. The highest BCUT2D eigenvalue weighted by atomic mass is 16.2. The molecule has 0 unspecified atom stereocenters. The molecule has 0 radical (unpaired) electrons. The van der Waals surface area contributed by atoms with Crippen LogP contribution in [0, 0.1) is 0 Å². The SMILES string of the molecule is O=C(CNC(=O)c1ccc2ccccc2c1)Nc1cccc2ccccc12. The van der Waals surface area contributed by atoms with E-state index in [1.54, 1.807) is 6.07 Å². The zero-order chi connectivity index (χ0) is 18.6. The van der Waals surface area contributed by atoms with Gasteiger partial charge >= 0.3 is 0 Å². The van der Waals surface area contributed by atoms with E-state index < -0.39 is 0 Å². The predicted molar refractivity (Wildman–Crippen MR) is 109 cm³/mol. The van der Waals surface area contributed by atoms with Crippen LogP contribution in [0.3, 0.4) is 0 Å². The van der Waals surface area contributed by atoms with Gasteiger partial charge < -0.3 is 10.6 Å². The summed E-state index contributed by atoms with van der Waals surface area (Å²) in [6.07, 6.45) is 0. The standard InChI is InChI=1S/C23H18N2O2/c26-22(25-21-11-5-9-17-7-3-4-10-20(17)21)15-24-23(27)19-13-12-16-6-1-2-8-18(16)14-19/h1-14H,15H2,(H,24,27)(H,25,26). The van der Waals surface area contributed by atoms with Crippen LogP contribution in [0.15, 0.2) is 84.9 Å². The van der Waals surface area contributed by atoms with Crippen molar-refractivity contribution in [3.05, 3.63) is 90.5 Å². The van der Waals surface area contributed by atoms with Crippen LogP contribution in [0.2, 0.25) is 0 Å². The molecule has 0 aliphatic carbocycles. The summed E-state index contributed by atoms with van der Waals surface area (Å²) in [5.74, 6) is -0.533. The summed E-state index contributed by atoms with van der Waals surface area (Å²) < 4.78 is 0. The molecule has 27 heavy (non-hydrogen) atoms. The predicted octanol–water partition coefficient (Wildman–Crippen LogP) is 4.36. The van der Waals surface area contributed by atoms with Crippen LogP contribution in [0.1, 0.15) is 10.4 Å². The molecule has 0 spiro atoms. The lowest BCUT2D eigenvalue weighted by Crippen LogP contribution is -2.32. The molecule has 0 atom stereocenters. The van der Waals surface area contributed by atoms with Crippen LogP contribution in [0.4, 0.5) is 5.69 Å². The molecule has 4 rings (SSSR count). The summed E-state index contributed by atoms with van der Waals surface area (Å²) in [4.78, 5) is 24.6. The fourth-order valence-electron chi connectivity index (χ4n) is 3.12. The van der Waals surface area contributed by atoms with Crippen molar-refractivity contribution in [3.8, 4) is 0 Å². The maximum Gasteiger partial charge on any atom is 0.251 e. The molecule has 4 aromatic carbocycles. The minimum atomic E-state index is -0.270. The molecule has 0 bridgehead atoms. The summed E-state index contributed by atoms with van der Waals surface area (Å²) in [6.45, 7) is -0.0884. The largest absolute Gasteiger partial charge is 0.343 e. The van der Waals surface area contributed by atoms with Crippen LogP contribution in [-0.2, 0) is 4.79 Å². The van der Waals surface area contributed by atoms with Crippen molar-refractivity contribution < 1.29 is 9.59 Å². The van der Waals surface area contributed by atoms with Gasteiger partial charge in [-0.15, -0.1) is 0 Å². The molecule has 132 valence electrons. The summed E-state index contributed by atoms with van der Waals surface area (Å²) in [6, 6.07) is 26.9. The van der Waals surface area contributed by atoms with Gasteiger partial charge in [0.05, 0.1) is 6.54 Å². The maximum absolute atomic E-state index is 12.4. The Balaban J connectivity index is 1.43. The highest BCUT2D eigenvalue weighted by Crippen LogP contribution is 2.22. The fraction of sp³-hybridized carbons (Fsp3) is 0.0435. The van der Waals surface area contributed by atoms with Crippen molar-refractivity contribution in [2.45, 2.75) is 0 Å². The van der Waals surface area contributed by atoms with Gasteiger partial charge in [0.2, 0.25) is 5.91 Å². The van der Waals surface area contributed by atoms with Gasteiger partial charge in [0, 0.05) is 16.6 Å². The van der Waals surface area contributed by atoms with Gasteiger partial charge in [-0.25, -0.2) is 0 Å². The number of nitrogens with one attached hydrogen (secondary N) is 2. The number of hydrogen-bond acceptors (Lipinski definition) is 2. The van der Waals surface area contributed by atoms with Gasteiger partial charge in [0.1, 0.15) is 0 Å². The third-order valence-corrected chi connectivity index (χ3v) is 4.48. The second-order valence-corrected chi connectivity index (χ2v) is 6.32. The minimum Gasteiger partial charge on any atom is -0.343 e. The van der Waals surface area contributed by atoms with E-state index in [0.29, 0.717) is 5.56 Å². The molecule has 4 nitrogen and oxygen atoms in total. The summed E-state index contributed by atoms with van der Waals surface area (Å²) in [5, 5.41) is 9.63. The Morgan fingerprint density at radius 2 is 1.41 bits per heavy atom. The second-order valence-electron chi connectivity index (χ2n) is 6.32. The first-order valence-electron chi connectivity index (χ1n) is 8.75. The Bertz CT molecular complexity index is 1150. The van der Waals surface area contributed by atoms with Gasteiger partial charge in [0.25, 0.3) is 5.91 Å². The van der Waals surface area contributed by atoms with E-state index in [1.165, 1.54) is 0 Å². The third kappa shape index (κ3) is 3.65. The van der Waals surface area contributed by atoms with Gasteiger partial charge in [0.15, 0.2) is 0 Å². The number of hydrogen-bond donors (Lipinski definition) is 2. The maximum atomic E-state index is 12.4. The molecule has 0 fully saturated rings. The van der Waals surface area contributed by atoms with Crippen molar-refractivity contribution in [2.75, 3.05) is 11.9 Å². The monoisotopic (exact) mass is 354 g/mol. The number of carbonyl (C=O) groups excluding carboxylic acids is 2. The molecule has 0 aliphatic heterocycles. The van der Waals surface area contributed by atoms with Crippen LogP contribution in [-0.4, -0.2) is 18.4 Å². The molecular formula is C23H18N2O2. The summed E-state index contributed by atoms with van der Waals surface area (Å²) in [5.41, 5.74) is 1.27. The Labute approximate surface area is 156 Å². The highest BCUT2D eigenvalue weighted by Gasteiger charge is 2.10. The lowest BCUT2D eigenvalue weighted by atomic mass is 10.1. The molecule has 4 heteroatoms. The van der Waals surface area contributed by atoms with Gasteiger partial charge in [-0.05, 0) is 34.4 Å². The second kappa shape index (κ2) is 7.30. The number of anilines is 1. The van der Waals surface area contributed by atoms with E-state index in [1.807, 2.05) is 78.9 Å². The van der Waals surface area contributed by atoms with E-state index in [0.717, 1.165) is 27.2 Å². The molecule has 2 amide bonds. The average molecular weight is 354 g/mol. The first kappa shape index (κ1) is 16.8. The fourth-order valence-corrected chi connectivity index (χ4v) is 3.12. The first-order valence-corrected chi connectivity index (χ1v) is 8.75. The number of amides is 2. The Kier molecular flexibility index (Phi) is 4.54. The number of fused-ring (bicyclic) bond motifs is 2. The van der Waals surface area contributed by atoms with E-state index in [4.69, 9.17) is 0 Å². The topological polar surface area (TPSA) is 58.2 Å². The van der Waals surface area contributed by atoms with Crippen LogP contribution >= 0.6 is 0 Å². The molecule has 2 N–H and O–H groups in total. The molecule has 0 aromatic heterocycles. The summed E-state index contributed by atoms with van der Waals surface area (Å²) in [7, 11) is 0. The van der Waals surface area contributed by atoms with E-state index in [-0.39, 0.29) is 18.4 Å². The van der Waals surface area contributed by atoms with E-state index >= 15 is 0 Å². The number of carbonyl (C=O) groups is 2. The smallest absolute Gasteiger partial charge is 0.251 e. The normalized spacial score (nSPS) is 10.7. The van der Waals surface area contributed by atoms with Crippen molar-refractivity contribution >= 4 is 39.0 Å². The first-order chi connectivity index (χ1) is 13.2. The van der Waals surface area contributed by atoms with Crippen LogP contribution in [0.25, 0.3) is 21.5 Å². The van der Waals surface area contributed by atoms with Crippen molar-refractivity contribution in [3.63, 3.8) is 0 Å². The van der Waals surface area contributed by atoms with Crippen molar-refractivity contribution in [1.29, 1.82) is 0 Å². The van der Waals surface area contributed by atoms with E-state index in [2.05, 4.69) is 10.6 Å². The minimum absolute atomic E-state index is 0.0884. The van der Waals surface area contributed by atoms with Crippen molar-refractivity contribution in [2.24, 2.45) is 0 Å². The van der Waals surface area contributed by atoms with Crippen molar-refractivity contribution in [1.82, 2.24) is 5.32 Å². The van der Waals surface area contributed by atoms with Crippen LogP contribution < -0.4 is 10.6 Å². The highest BCUT2D eigenvalue weighted by molar-refractivity contribution is 6.05. The number of benzene rings is 4. The van der Waals surface area contributed by atoms with E-state index in [9.17, 15) is 9.59 Å². The molecule has 0 saturated heterocycles.